The van der Waals surface area contributed by atoms with Crippen molar-refractivity contribution in [1.82, 2.24) is 14.5 Å². The summed E-state index contributed by atoms with van der Waals surface area (Å²) in [5.41, 5.74) is 3.44. The van der Waals surface area contributed by atoms with Crippen molar-refractivity contribution in [3.8, 4) is 22.8 Å². The molecule has 1 saturated heterocycles. The summed E-state index contributed by atoms with van der Waals surface area (Å²) in [7, 11) is 0. The van der Waals surface area contributed by atoms with Crippen LogP contribution >= 0.6 is 11.8 Å². The molecule has 2 aromatic carbocycles. The van der Waals surface area contributed by atoms with Crippen LogP contribution in [0.2, 0.25) is 0 Å². The maximum Gasteiger partial charge on any atom is 0.233 e. The molecule has 6 rings (SSSR count). The molecule has 33 heavy (non-hydrogen) atoms. The van der Waals surface area contributed by atoms with Gasteiger partial charge in [-0.05, 0) is 48.9 Å². The number of imidazole rings is 1. The van der Waals surface area contributed by atoms with Gasteiger partial charge >= 0.3 is 0 Å². The highest BCUT2D eigenvalue weighted by atomic mass is 32.2. The van der Waals surface area contributed by atoms with Crippen LogP contribution < -0.4 is 9.47 Å². The number of hydrogen-bond acceptors (Lipinski definition) is 5. The Bertz CT molecular complexity index is 1160. The molecule has 1 aromatic heterocycles. The van der Waals surface area contributed by atoms with E-state index in [4.69, 9.17) is 14.5 Å². The van der Waals surface area contributed by atoms with Gasteiger partial charge in [0.05, 0.1) is 23.7 Å². The standard InChI is InChI=1S/C26H27N3O3S/c30-25(28-12-4-7-21(28)19-8-11-23-24(15-19)32-14-13-31-23)17-33-26-27-16-22(29(26)20-9-10-20)18-5-2-1-3-6-18/h1-3,5-6,8,11,15-16,20-21H,4,7,9-10,12-14,17H2. The summed E-state index contributed by atoms with van der Waals surface area (Å²) in [6.45, 7) is 1.95. The number of hydrogen-bond donors (Lipinski definition) is 0. The SMILES string of the molecule is O=C(CSc1ncc(-c2ccccc2)n1C1CC1)N1CCCC1c1ccc2c(c1)OCCO2. The van der Waals surface area contributed by atoms with Gasteiger partial charge in [0.2, 0.25) is 5.91 Å². The largest absolute Gasteiger partial charge is 0.486 e. The normalized spacial score (nSPS) is 19.6. The van der Waals surface area contributed by atoms with E-state index in [1.807, 2.05) is 29.3 Å². The van der Waals surface area contributed by atoms with Crippen LogP contribution in [0.3, 0.4) is 0 Å². The molecule has 3 heterocycles. The fraction of sp³-hybridized carbons (Fsp3) is 0.385. The Kier molecular flexibility index (Phi) is 5.50. The zero-order valence-electron chi connectivity index (χ0n) is 18.5. The summed E-state index contributed by atoms with van der Waals surface area (Å²) in [4.78, 5) is 20.0. The Balaban J connectivity index is 1.18. The van der Waals surface area contributed by atoms with Crippen molar-refractivity contribution >= 4 is 17.7 Å². The van der Waals surface area contributed by atoms with Gasteiger partial charge < -0.3 is 18.9 Å². The summed E-state index contributed by atoms with van der Waals surface area (Å²) >= 11 is 1.56. The molecule has 0 N–H and O–H groups in total. The third-order valence-electron chi connectivity index (χ3n) is 6.59. The second-order valence-electron chi connectivity index (χ2n) is 8.83. The monoisotopic (exact) mass is 461 g/mol. The first kappa shape index (κ1) is 20.7. The average Bonchev–Trinajstić information content (AvgIpc) is 3.41. The third-order valence-corrected chi connectivity index (χ3v) is 7.54. The lowest BCUT2D eigenvalue weighted by atomic mass is 10.0. The van der Waals surface area contributed by atoms with Gasteiger partial charge in [0.15, 0.2) is 16.7 Å². The summed E-state index contributed by atoms with van der Waals surface area (Å²) in [5.74, 6) is 2.15. The van der Waals surface area contributed by atoms with Crippen LogP contribution in [-0.4, -0.2) is 45.9 Å². The van der Waals surface area contributed by atoms with Gasteiger partial charge in [-0.1, -0.05) is 48.2 Å². The van der Waals surface area contributed by atoms with E-state index >= 15 is 0 Å². The van der Waals surface area contributed by atoms with Gasteiger partial charge in [-0.2, -0.15) is 0 Å². The van der Waals surface area contributed by atoms with Crippen molar-refractivity contribution in [3.63, 3.8) is 0 Å². The Labute approximate surface area is 197 Å². The van der Waals surface area contributed by atoms with Crippen LogP contribution in [0.5, 0.6) is 11.5 Å². The zero-order valence-corrected chi connectivity index (χ0v) is 19.3. The topological polar surface area (TPSA) is 56.6 Å². The molecular formula is C26H27N3O3S. The van der Waals surface area contributed by atoms with E-state index in [1.54, 1.807) is 11.8 Å². The van der Waals surface area contributed by atoms with Crippen molar-refractivity contribution < 1.29 is 14.3 Å². The smallest absolute Gasteiger partial charge is 0.233 e. The van der Waals surface area contributed by atoms with E-state index in [0.29, 0.717) is 25.0 Å². The molecule has 170 valence electrons. The van der Waals surface area contributed by atoms with Gasteiger partial charge in [0, 0.05) is 12.6 Å². The molecule has 1 unspecified atom stereocenters. The molecule has 3 aromatic rings. The number of benzene rings is 2. The number of thioether (sulfide) groups is 1. The van der Waals surface area contributed by atoms with E-state index < -0.39 is 0 Å². The summed E-state index contributed by atoms with van der Waals surface area (Å²) in [5, 5.41) is 0.944. The summed E-state index contributed by atoms with van der Waals surface area (Å²) in [6, 6.07) is 17.1. The number of carbonyl (C=O) groups is 1. The maximum absolute atomic E-state index is 13.3. The van der Waals surface area contributed by atoms with Gasteiger partial charge in [-0.3, -0.25) is 4.79 Å². The average molecular weight is 462 g/mol. The Hall–Kier alpha value is -2.93. The van der Waals surface area contributed by atoms with Crippen LogP contribution in [0.25, 0.3) is 11.3 Å². The third kappa shape index (κ3) is 4.10. The highest BCUT2D eigenvalue weighted by molar-refractivity contribution is 7.99. The van der Waals surface area contributed by atoms with E-state index in [9.17, 15) is 4.79 Å². The first-order valence-corrected chi connectivity index (χ1v) is 12.7. The fourth-order valence-corrected chi connectivity index (χ4v) is 5.78. The van der Waals surface area contributed by atoms with Crippen LogP contribution in [-0.2, 0) is 4.79 Å². The van der Waals surface area contributed by atoms with E-state index in [-0.39, 0.29) is 11.9 Å². The van der Waals surface area contributed by atoms with Gasteiger partial charge in [-0.25, -0.2) is 4.98 Å². The predicted molar refractivity (Wildman–Crippen MR) is 128 cm³/mol. The Morgan fingerprint density at radius 2 is 1.85 bits per heavy atom. The predicted octanol–water partition coefficient (Wildman–Crippen LogP) is 5.11. The lowest BCUT2D eigenvalue weighted by Gasteiger charge is -2.26. The number of amides is 1. The second-order valence-corrected chi connectivity index (χ2v) is 9.77. The quantitative estimate of drug-likeness (QED) is 0.478. The number of rotatable bonds is 6. The number of ether oxygens (including phenoxy) is 2. The van der Waals surface area contributed by atoms with E-state index in [1.165, 1.54) is 18.4 Å². The fourth-order valence-electron chi connectivity index (χ4n) is 4.85. The molecule has 1 amide bonds. The van der Waals surface area contributed by atoms with Crippen molar-refractivity contribution in [2.45, 2.75) is 42.9 Å². The van der Waals surface area contributed by atoms with Gasteiger partial charge in [0.1, 0.15) is 13.2 Å². The molecule has 2 fully saturated rings. The van der Waals surface area contributed by atoms with Crippen LogP contribution in [0, 0.1) is 0 Å². The van der Waals surface area contributed by atoms with Crippen LogP contribution in [0.15, 0.2) is 59.9 Å². The molecule has 3 aliphatic rings. The Morgan fingerprint density at radius 1 is 1.03 bits per heavy atom. The molecule has 0 radical (unpaired) electrons. The number of nitrogens with zero attached hydrogens (tertiary/aromatic N) is 3. The van der Waals surface area contributed by atoms with Crippen molar-refractivity contribution in [3.05, 3.63) is 60.3 Å². The van der Waals surface area contributed by atoms with E-state index in [0.717, 1.165) is 47.3 Å². The number of fused-ring (bicyclic) bond motifs is 1. The first-order chi connectivity index (χ1) is 16.3. The molecule has 7 heteroatoms. The highest BCUT2D eigenvalue weighted by Gasteiger charge is 2.32. The first-order valence-electron chi connectivity index (χ1n) is 11.7. The minimum Gasteiger partial charge on any atom is -0.486 e. The van der Waals surface area contributed by atoms with Crippen LogP contribution in [0.4, 0.5) is 0 Å². The molecule has 1 aliphatic carbocycles. The second kappa shape index (κ2) is 8.78. The highest BCUT2D eigenvalue weighted by Crippen LogP contribution is 2.42. The maximum atomic E-state index is 13.3. The number of aromatic nitrogens is 2. The number of carbonyl (C=O) groups excluding carboxylic acids is 1. The minimum atomic E-state index is 0.0944. The Morgan fingerprint density at radius 3 is 2.67 bits per heavy atom. The van der Waals surface area contributed by atoms with Crippen molar-refractivity contribution in [2.75, 3.05) is 25.5 Å². The van der Waals surface area contributed by atoms with Gasteiger partial charge in [-0.15, -0.1) is 0 Å². The lowest BCUT2D eigenvalue weighted by molar-refractivity contribution is -0.129. The molecule has 6 nitrogen and oxygen atoms in total. The molecule has 0 bridgehead atoms. The summed E-state index contributed by atoms with van der Waals surface area (Å²) < 4.78 is 13.7. The van der Waals surface area contributed by atoms with E-state index in [2.05, 4.69) is 34.9 Å². The lowest BCUT2D eigenvalue weighted by Crippen LogP contribution is -2.32. The minimum absolute atomic E-state index is 0.0944. The number of likely N-dealkylation sites (tertiary alicyclic amines) is 1. The molecule has 1 atom stereocenters. The molecular weight excluding hydrogens is 434 g/mol. The van der Waals surface area contributed by atoms with Crippen molar-refractivity contribution in [1.29, 1.82) is 0 Å². The summed E-state index contributed by atoms with van der Waals surface area (Å²) in [6.07, 6.45) is 6.30. The van der Waals surface area contributed by atoms with Crippen molar-refractivity contribution in [2.24, 2.45) is 0 Å². The van der Waals surface area contributed by atoms with Gasteiger partial charge in [0.25, 0.3) is 0 Å². The molecule has 2 aliphatic heterocycles. The zero-order chi connectivity index (χ0) is 22.2. The molecule has 1 saturated carbocycles. The molecule has 0 spiro atoms. The van der Waals surface area contributed by atoms with Crippen LogP contribution in [0.1, 0.15) is 43.3 Å².